The molecule has 3 nitrogen and oxygen atoms in total. The van der Waals surface area contributed by atoms with Crippen LogP contribution in [-0.2, 0) is 4.79 Å². The average molecular weight is 186 g/mol. The summed E-state index contributed by atoms with van der Waals surface area (Å²) in [5, 5.41) is 3.24. The Hall–Kier alpha value is -0.410. The molecule has 0 radical (unpaired) electrons. The van der Waals surface area contributed by atoms with Crippen molar-refractivity contribution in [1.82, 2.24) is 5.32 Å². The molecule has 0 aliphatic rings. The second-order valence-electron chi connectivity index (χ2n) is 3.40. The smallest absolute Gasteiger partial charge is 0.146 e. The fraction of sp³-hybridized carbons (Fsp3) is 0.900. The van der Waals surface area contributed by atoms with Gasteiger partial charge in [0.15, 0.2) is 0 Å². The van der Waals surface area contributed by atoms with Crippen LogP contribution in [-0.4, -0.2) is 24.9 Å². The van der Waals surface area contributed by atoms with Gasteiger partial charge >= 0.3 is 0 Å². The first kappa shape index (κ1) is 12.6. The molecule has 0 bridgehead atoms. The number of hydrogen-bond acceptors (Lipinski definition) is 3. The van der Waals surface area contributed by atoms with Crippen LogP contribution in [0, 0.1) is 0 Å². The second-order valence-corrected chi connectivity index (χ2v) is 3.40. The number of nitrogens with two attached hydrogens (primary N) is 1. The number of carbonyl (C=O) groups is 1. The predicted molar refractivity (Wildman–Crippen MR) is 55.7 cm³/mol. The Balaban J connectivity index is 3.61. The van der Waals surface area contributed by atoms with E-state index in [4.69, 9.17) is 5.73 Å². The molecule has 0 saturated heterocycles. The maximum atomic E-state index is 11.2. The summed E-state index contributed by atoms with van der Waals surface area (Å²) in [5.74, 6) is 0.241. The van der Waals surface area contributed by atoms with Crippen molar-refractivity contribution in [1.29, 1.82) is 0 Å². The minimum absolute atomic E-state index is 0.0477. The summed E-state index contributed by atoms with van der Waals surface area (Å²) >= 11 is 0. The molecule has 0 heterocycles. The van der Waals surface area contributed by atoms with Gasteiger partial charge in [-0.1, -0.05) is 13.3 Å². The van der Waals surface area contributed by atoms with Gasteiger partial charge in [-0.25, -0.2) is 0 Å². The van der Waals surface area contributed by atoms with Crippen molar-refractivity contribution >= 4 is 5.78 Å². The van der Waals surface area contributed by atoms with Crippen molar-refractivity contribution in [3.63, 3.8) is 0 Å². The van der Waals surface area contributed by atoms with Crippen LogP contribution < -0.4 is 11.1 Å². The van der Waals surface area contributed by atoms with Gasteiger partial charge in [0.2, 0.25) is 0 Å². The monoisotopic (exact) mass is 186 g/mol. The number of unbranched alkanes of at least 4 members (excludes halogenated alkanes) is 1. The lowest BCUT2D eigenvalue weighted by Crippen LogP contribution is -2.35. The third-order valence-electron chi connectivity index (χ3n) is 2.08. The molecule has 0 saturated carbocycles. The standard InChI is InChI=1S/C10H22N2O/c1-3-8-12-10(9(2)13)6-4-5-7-11/h10,12H,3-8,11H2,1-2H3/t10-/m0/s1. The maximum absolute atomic E-state index is 11.2. The van der Waals surface area contributed by atoms with Crippen LogP contribution in [0.5, 0.6) is 0 Å². The van der Waals surface area contributed by atoms with Crippen LogP contribution >= 0.6 is 0 Å². The number of rotatable bonds is 8. The van der Waals surface area contributed by atoms with Crippen LogP contribution in [0.3, 0.4) is 0 Å². The quantitative estimate of drug-likeness (QED) is 0.558. The van der Waals surface area contributed by atoms with Gasteiger partial charge in [-0.05, 0) is 39.3 Å². The molecule has 0 rings (SSSR count). The van der Waals surface area contributed by atoms with E-state index < -0.39 is 0 Å². The summed E-state index contributed by atoms with van der Waals surface area (Å²) in [7, 11) is 0. The Morgan fingerprint density at radius 1 is 1.46 bits per heavy atom. The molecule has 0 unspecified atom stereocenters. The van der Waals surface area contributed by atoms with Gasteiger partial charge in [0.05, 0.1) is 6.04 Å². The largest absolute Gasteiger partial charge is 0.330 e. The van der Waals surface area contributed by atoms with Crippen molar-refractivity contribution in [3.05, 3.63) is 0 Å². The van der Waals surface area contributed by atoms with Crippen LogP contribution in [0.25, 0.3) is 0 Å². The highest BCUT2D eigenvalue weighted by atomic mass is 16.1. The number of ketones is 1. The van der Waals surface area contributed by atoms with Gasteiger partial charge in [0.1, 0.15) is 5.78 Å². The van der Waals surface area contributed by atoms with E-state index in [9.17, 15) is 4.79 Å². The fourth-order valence-electron chi connectivity index (χ4n) is 1.26. The SMILES string of the molecule is CCCN[C@@H](CCCCN)C(C)=O. The summed E-state index contributed by atoms with van der Waals surface area (Å²) in [5.41, 5.74) is 5.39. The van der Waals surface area contributed by atoms with Gasteiger partial charge in [0.25, 0.3) is 0 Å². The summed E-state index contributed by atoms with van der Waals surface area (Å²) < 4.78 is 0. The van der Waals surface area contributed by atoms with E-state index in [-0.39, 0.29) is 11.8 Å². The molecule has 0 fully saturated rings. The average Bonchev–Trinajstić information content (AvgIpc) is 2.10. The van der Waals surface area contributed by atoms with E-state index in [1.165, 1.54) is 0 Å². The molecule has 0 aliphatic carbocycles. The van der Waals surface area contributed by atoms with Gasteiger partial charge < -0.3 is 11.1 Å². The maximum Gasteiger partial charge on any atom is 0.146 e. The molecule has 0 amide bonds. The first-order chi connectivity index (χ1) is 6.22. The molecular weight excluding hydrogens is 164 g/mol. The van der Waals surface area contributed by atoms with Gasteiger partial charge in [-0.15, -0.1) is 0 Å². The van der Waals surface area contributed by atoms with Crippen molar-refractivity contribution in [2.24, 2.45) is 5.73 Å². The van der Waals surface area contributed by atoms with Gasteiger partial charge in [0, 0.05) is 0 Å². The molecule has 3 N–H and O–H groups in total. The zero-order valence-electron chi connectivity index (χ0n) is 8.81. The summed E-state index contributed by atoms with van der Waals surface area (Å²) in [6.07, 6.45) is 4.04. The third kappa shape index (κ3) is 6.72. The molecule has 3 heteroatoms. The van der Waals surface area contributed by atoms with Gasteiger partial charge in [-0.2, -0.15) is 0 Å². The van der Waals surface area contributed by atoms with Crippen molar-refractivity contribution in [3.8, 4) is 0 Å². The minimum atomic E-state index is 0.0477. The Bertz CT molecular complexity index is 137. The Morgan fingerprint density at radius 3 is 2.62 bits per heavy atom. The third-order valence-corrected chi connectivity index (χ3v) is 2.08. The molecule has 0 spiro atoms. The lowest BCUT2D eigenvalue weighted by atomic mass is 10.1. The molecular formula is C10H22N2O. The van der Waals surface area contributed by atoms with Crippen LogP contribution in [0.1, 0.15) is 39.5 Å². The van der Waals surface area contributed by atoms with E-state index in [1.54, 1.807) is 6.92 Å². The summed E-state index contributed by atoms with van der Waals surface area (Å²) in [4.78, 5) is 11.2. The lowest BCUT2D eigenvalue weighted by Gasteiger charge is -2.14. The highest BCUT2D eigenvalue weighted by molar-refractivity contribution is 5.81. The molecule has 0 aromatic carbocycles. The van der Waals surface area contributed by atoms with Crippen molar-refractivity contribution in [2.45, 2.75) is 45.6 Å². The van der Waals surface area contributed by atoms with Gasteiger partial charge in [-0.3, -0.25) is 4.79 Å². The molecule has 1 atom stereocenters. The number of Topliss-reactive ketones (excluding diaryl/α,β-unsaturated/α-hetero) is 1. The van der Waals surface area contributed by atoms with Crippen LogP contribution in [0.15, 0.2) is 0 Å². The molecule has 13 heavy (non-hydrogen) atoms. The Labute approximate surface area is 81.1 Å². The zero-order valence-corrected chi connectivity index (χ0v) is 8.81. The van der Waals surface area contributed by atoms with E-state index >= 15 is 0 Å². The first-order valence-electron chi connectivity index (χ1n) is 5.16. The minimum Gasteiger partial charge on any atom is -0.330 e. The number of hydrogen-bond donors (Lipinski definition) is 2. The van der Waals surface area contributed by atoms with E-state index in [2.05, 4.69) is 12.2 Å². The summed E-state index contributed by atoms with van der Waals surface area (Å²) in [6.45, 7) is 5.39. The Morgan fingerprint density at radius 2 is 2.15 bits per heavy atom. The second kappa shape index (κ2) is 8.20. The molecule has 78 valence electrons. The lowest BCUT2D eigenvalue weighted by molar-refractivity contribution is -0.119. The molecule has 0 aromatic heterocycles. The summed E-state index contributed by atoms with van der Waals surface area (Å²) in [6, 6.07) is 0.0477. The first-order valence-corrected chi connectivity index (χ1v) is 5.16. The van der Waals surface area contributed by atoms with Crippen LogP contribution in [0.4, 0.5) is 0 Å². The van der Waals surface area contributed by atoms with Crippen molar-refractivity contribution < 1.29 is 4.79 Å². The van der Waals surface area contributed by atoms with Crippen LogP contribution in [0.2, 0.25) is 0 Å². The van der Waals surface area contributed by atoms with Crippen molar-refractivity contribution in [2.75, 3.05) is 13.1 Å². The zero-order chi connectivity index (χ0) is 10.1. The highest BCUT2D eigenvalue weighted by Gasteiger charge is 2.11. The predicted octanol–water partition coefficient (Wildman–Crippen LogP) is 1.07. The highest BCUT2D eigenvalue weighted by Crippen LogP contribution is 2.01. The van der Waals surface area contributed by atoms with E-state index in [0.29, 0.717) is 0 Å². The number of nitrogens with one attached hydrogen (secondary N) is 1. The topological polar surface area (TPSA) is 55.1 Å². The van der Waals surface area contributed by atoms with E-state index in [1.807, 2.05) is 0 Å². The molecule has 0 aliphatic heterocycles. The molecule has 0 aromatic rings. The Kier molecular flexibility index (Phi) is 7.94. The number of carbonyl (C=O) groups excluding carboxylic acids is 1. The normalized spacial score (nSPS) is 12.8. The van der Waals surface area contributed by atoms with E-state index in [0.717, 1.165) is 38.8 Å². The fourth-order valence-corrected chi connectivity index (χ4v) is 1.26.